The fourth-order valence-electron chi connectivity index (χ4n) is 2.47. The molecule has 1 aliphatic rings. The number of carbonyl (C=O) groups is 1. The number of likely N-dealkylation sites (tertiary alicyclic amines) is 1. The van der Waals surface area contributed by atoms with Gasteiger partial charge in [-0.05, 0) is 51.4 Å². The van der Waals surface area contributed by atoms with E-state index in [-0.39, 0.29) is 11.2 Å². The normalized spacial score (nSPS) is 18.1. The molecule has 0 radical (unpaired) electrons. The van der Waals surface area contributed by atoms with E-state index in [1.807, 2.05) is 18.9 Å². The molecule has 3 nitrogen and oxygen atoms in total. The van der Waals surface area contributed by atoms with E-state index in [9.17, 15) is 4.79 Å². The monoisotopic (exact) mass is 292 g/mol. The SMILES string of the molecule is CNC(C)c1cccc(SC(C)C(=O)N2CCCC2)c1. The number of nitrogens with one attached hydrogen (secondary N) is 1. The first-order valence-corrected chi connectivity index (χ1v) is 8.22. The molecule has 2 rings (SSSR count). The fourth-order valence-corrected chi connectivity index (χ4v) is 3.49. The van der Waals surface area contributed by atoms with Crippen molar-refractivity contribution < 1.29 is 4.79 Å². The van der Waals surface area contributed by atoms with Crippen LogP contribution >= 0.6 is 11.8 Å². The summed E-state index contributed by atoms with van der Waals surface area (Å²) >= 11 is 1.66. The second kappa shape index (κ2) is 7.14. The highest BCUT2D eigenvalue weighted by Gasteiger charge is 2.23. The minimum absolute atomic E-state index is 0.00626. The second-order valence-corrected chi connectivity index (χ2v) is 6.79. The largest absolute Gasteiger partial charge is 0.342 e. The van der Waals surface area contributed by atoms with Gasteiger partial charge in [-0.25, -0.2) is 0 Å². The first-order valence-electron chi connectivity index (χ1n) is 7.34. The minimum Gasteiger partial charge on any atom is -0.342 e. The van der Waals surface area contributed by atoms with E-state index in [0.717, 1.165) is 25.9 Å². The van der Waals surface area contributed by atoms with E-state index in [1.165, 1.54) is 10.5 Å². The molecule has 1 N–H and O–H groups in total. The number of carbonyl (C=O) groups excluding carboxylic acids is 1. The second-order valence-electron chi connectivity index (χ2n) is 5.38. The summed E-state index contributed by atoms with van der Waals surface area (Å²) in [4.78, 5) is 15.5. The zero-order valence-corrected chi connectivity index (χ0v) is 13.4. The summed E-state index contributed by atoms with van der Waals surface area (Å²) in [5, 5.41) is 3.24. The van der Waals surface area contributed by atoms with Crippen LogP contribution in [0.4, 0.5) is 0 Å². The van der Waals surface area contributed by atoms with Gasteiger partial charge < -0.3 is 10.2 Å². The standard InChI is InChI=1S/C16H24N2OS/c1-12(17-3)14-7-6-8-15(11-14)20-13(2)16(19)18-9-4-5-10-18/h6-8,11-13,17H,4-5,9-10H2,1-3H3. The average Bonchev–Trinajstić information content (AvgIpc) is 3.00. The average molecular weight is 292 g/mol. The van der Waals surface area contributed by atoms with Gasteiger partial charge in [0.2, 0.25) is 5.91 Å². The molecule has 1 saturated heterocycles. The number of benzene rings is 1. The molecule has 0 bridgehead atoms. The molecule has 20 heavy (non-hydrogen) atoms. The zero-order chi connectivity index (χ0) is 14.5. The number of hydrogen-bond acceptors (Lipinski definition) is 3. The summed E-state index contributed by atoms with van der Waals surface area (Å²) in [5.74, 6) is 0.277. The van der Waals surface area contributed by atoms with E-state index in [4.69, 9.17) is 0 Å². The van der Waals surface area contributed by atoms with Crippen molar-refractivity contribution >= 4 is 17.7 Å². The molecule has 0 aliphatic carbocycles. The van der Waals surface area contributed by atoms with Gasteiger partial charge in [-0.2, -0.15) is 0 Å². The van der Waals surface area contributed by atoms with E-state index >= 15 is 0 Å². The maximum Gasteiger partial charge on any atom is 0.235 e. The lowest BCUT2D eigenvalue weighted by Gasteiger charge is -2.20. The number of hydrogen-bond donors (Lipinski definition) is 1. The fraction of sp³-hybridized carbons (Fsp3) is 0.562. The number of thioether (sulfide) groups is 1. The quantitative estimate of drug-likeness (QED) is 0.847. The van der Waals surface area contributed by atoms with Crippen LogP contribution in [0.2, 0.25) is 0 Å². The predicted molar refractivity (Wildman–Crippen MR) is 85.0 cm³/mol. The molecule has 0 saturated carbocycles. The molecule has 2 unspecified atom stereocenters. The number of nitrogens with zero attached hydrogens (tertiary/aromatic N) is 1. The van der Waals surface area contributed by atoms with Crippen molar-refractivity contribution in [2.75, 3.05) is 20.1 Å². The molecule has 1 amide bonds. The smallest absolute Gasteiger partial charge is 0.235 e. The van der Waals surface area contributed by atoms with E-state index in [0.29, 0.717) is 6.04 Å². The molecular weight excluding hydrogens is 268 g/mol. The van der Waals surface area contributed by atoms with Gasteiger partial charge in [0.1, 0.15) is 0 Å². The van der Waals surface area contributed by atoms with Crippen molar-refractivity contribution in [2.24, 2.45) is 0 Å². The molecule has 4 heteroatoms. The van der Waals surface area contributed by atoms with Crippen LogP contribution in [0, 0.1) is 0 Å². The Morgan fingerprint density at radius 1 is 1.30 bits per heavy atom. The van der Waals surface area contributed by atoms with Crippen molar-refractivity contribution in [3.05, 3.63) is 29.8 Å². The zero-order valence-electron chi connectivity index (χ0n) is 12.6. The third-order valence-corrected chi connectivity index (χ3v) is 4.95. The van der Waals surface area contributed by atoms with Crippen LogP contribution in [0.25, 0.3) is 0 Å². The first kappa shape index (κ1) is 15.4. The maximum absolute atomic E-state index is 12.3. The molecular formula is C16H24N2OS. The summed E-state index contributed by atoms with van der Waals surface area (Å²) in [6.45, 7) is 6.02. The van der Waals surface area contributed by atoms with Gasteiger partial charge in [0, 0.05) is 24.0 Å². The molecule has 1 aromatic rings. The van der Waals surface area contributed by atoms with Gasteiger partial charge in [-0.3, -0.25) is 4.79 Å². The molecule has 1 aromatic carbocycles. The Kier molecular flexibility index (Phi) is 5.49. The Hall–Kier alpha value is -1.00. The summed E-state index contributed by atoms with van der Waals surface area (Å²) in [6.07, 6.45) is 2.30. The van der Waals surface area contributed by atoms with Crippen LogP contribution in [0.1, 0.15) is 38.3 Å². The Balaban J connectivity index is 2.00. The molecule has 0 spiro atoms. The highest BCUT2D eigenvalue weighted by molar-refractivity contribution is 8.00. The third-order valence-electron chi connectivity index (χ3n) is 3.87. The van der Waals surface area contributed by atoms with Crippen LogP contribution in [0.15, 0.2) is 29.2 Å². The molecule has 0 aromatic heterocycles. The highest BCUT2D eigenvalue weighted by Crippen LogP contribution is 2.27. The Labute approximate surface area is 126 Å². The molecule has 1 heterocycles. The maximum atomic E-state index is 12.3. The highest BCUT2D eigenvalue weighted by atomic mass is 32.2. The first-order chi connectivity index (χ1) is 9.61. The van der Waals surface area contributed by atoms with Crippen molar-refractivity contribution in [1.82, 2.24) is 10.2 Å². The number of rotatable bonds is 5. The summed E-state index contributed by atoms with van der Waals surface area (Å²) in [6, 6.07) is 8.79. The van der Waals surface area contributed by atoms with Crippen LogP contribution < -0.4 is 5.32 Å². The van der Waals surface area contributed by atoms with E-state index < -0.39 is 0 Å². The van der Waals surface area contributed by atoms with Crippen molar-refractivity contribution in [2.45, 2.75) is 42.9 Å². The van der Waals surface area contributed by atoms with Gasteiger partial charge in [0.25, 0.3) is 0 Å². The molecule has 110 valence electrons. The molecule has 1 fully saturated rings. The van der Waals surface area contributed by atoms with Gasteiger partial charge in [0.15, 0.2) is 0 Å². The molecule has 2 atom stereocenters. The lowest BCUT2D eigenvalue weighted by molar-refractivity contribution is -0.129. The van der Waals surface area contributed by atoms with Crippen LogP contribution in [0.5, 0.6) is 0 Å². The van der Waals surface area contributed by atoms with E-state index in [2.05, 4.69) is 36.5 Å². The van der Waals surface area contributed by atoms with Gasteiger partial charge >= 0.3 is 0 Å². The van der Waals surface area contributed by atoms with Crippen LogP contribution in [-0.2, 0) is 4.79 Å². The summed E-state index contributed by atoms with van der Waals surface area (Å²) in [7, 11) is 1.96. The summed E-state index contributed by atoms with van der Waals surface area (Å²) < 4.78 is 0. The van der Waals surface area contributed by atoms with Gasteiger partial charge in [-0.1, -0.05) is 12.1 Å². The topological polar surface area (TPSA) is 32.3 Å². The van der Waals surface area contributed by atoms with Crippen molar-refractivity contribution in [3.63, 3.8) is 0 Å². The van der Waals surface area contributed by atoms with Gasteiger partial charge in [-0.15, -0.1) is 11.8 Å². The van der Waals surface area contributed by atoms with Crippen LogP contribution in [0.3, 0.4) is 0 Å². The Morgan fingerprint density at radius 3 is 2.65 bits per heavy atom. The van der Waals surface area contributed by atoms with E-state index in [1.54, 1.807) is 11.8 Å². The Morgan fingerprint density at radius 2 is 2.00 bits per heavy atom. The van der Waals surface area contributed by atoms with Crippen molar-refractivity contribution in [3.8, 4) is 0 Å². The number of amides is 1. The minimum atomic E-state index is -0.00626. The molecule has 1 aliphatic heterocycles. The predicted octanol–water partition coefficient (Wildman–Crippen LogP) is 3.07. The van der Waals surface area contributed by atoms with Gasteiger partial charge in [0.05, 0.1) is 5.25 Å². The van der Waals surface area contributed by atoms with Crippen molar-refractivity contribution in [1.29, 1.82) is 0 Å². The third kappa shape index (κ3) is 3.76. The Bertz CT molecular complexity index is 458. The summed E-state index contributed by atoms with van der Waals surface area (Å²) in [5.41, 5.74) is 1.26. The van der Waals surface area contributed by atoms with Crippen LogP contribution in [-0.4, -0.2) is 36.2 Å². The lowest BCUT2D eigenvalue weighted by Crippen LogP contribution is -2.33. The lowest BCUT2D eigenvalue weighted by atomic mass is 10.1.